The first-order chi connectivity index (χ1) is 11.1. The van der Waals surface area contributed by atoms with Crippen LogP contribution in [0.5, 0.6) is 5.75 Å². The van der Waals surface area contributed by atoms with E-state index >= 15 is 0 Å². The predicted molar refractivity (Wildman–Crippen MR) is 91.4 cm³/mol. The van der Waals surface area contributed by atoms with Crippen LogP contribution >= 0.6 is 0 Å². The molecule has 23 heavy (non-hydrogen) atoms. The molecule has 0 aliphatic carbocycles. The third-order valence-electron chi connectivity index (χ3n) is 3.55. The Balaban J connectivity index is 1.91. The van der Waals surface area contributed by atoms with Crippen LogP contribution in [0.25, 0.3) is 0 Å². The predicted octanol–water partition coefficient (Wildman–Crippen LogP) is 3.78. The van der Waals surface area contributed by atoms with Gasteiger partial charge < -0.3 is 9.64 Å². The maximum absolute atomic E-state index is 12.4. The molecule has 0 unspecified atom stereocenters. The van der Waals surface area contributed by atoms with E-state index in [0.29, 0.717) is 24.6 Å². The van der Waals surface area contributed by atoms with Crippen LogP contribution in [0.1, 0.15) is 36.2 Å². The van der Waals surface area contributed by atoms with Gasteiger partial charge >= 0.3 is 0 Å². The zero-order valence-electron chi connectivity index (χ0n) is 14.0. The minimum atomic E-state index is -0.0115. The summed E-state index contributed by atoms with van der Waals surface area (Å²) in [5, 5.41) is 0. The molecule has 1 amide bonds. The van der Waals surface area contributed by atoms with Crippen molar-refractivity contribution in [1.82, 2.24) is 9.88 Å². The molecule has 0 N–H and O–H groups in total. The zero-order chi connectivity index (χ0) is 16.7. The number of rotatable bonds is 7. The number of hydrogen-bond acceptors (Lipinski definition) is 3. The second kappa shape index (κ2) is 8.32. The maximum Gasteiger partial charge on any atom is 0.253 e. The molecule has 122 valence electrons. The van der Waals surface area contributed by atoms with Crippen molar-refractivity contribution in [3.8, 4) is 5.75 Å². The summed E-state index contributed by atoms with van der Waals surface area (Å²) in [5.74, 6) is 1.41. The Labute approximate surface area is 138 Å². The first-order valence-electron chi connectivity index (χ1n) is 7.93. The monoisotopic (exact) mass is 312 g/mol. The number of benzene rings is 1. The van der Waals surface area contributed by atoms with Crippen molar-refractivity contribution in [3.05, 3.63) is 59.9 Å². The van der Waals surface area contributed by atoms with E-state index in [4.69, 9.17) is 4.74 Å². The van der Waals surface area contributed by atoms with Crippen LogP contribution in [-0.2, 0) is 6.54 Å². The summed E-state index contributed by atoms with van der Waals surface area (Å²) in [4.78, 5) is 18.2. The fourth-order valence-electron chi connectivity index (χ4n) is 2.16. The highest BCUT2D eigenvalue weighted by atomic mass is 16.5. The normalized spacial score (nSPS) is 10.6. The molecular formula is C19H24N2O2. The summed E-state index contributed by atoms with van der Waals surface area (Å²) in [7, 11) is 1.79. The molecule has 0 saturated carbocycles. The van der Waals surface area contributed by atoms with Crippen molar-refractivity contribution in [2.24, 2.45) is 5.92 Å². The summed E-state index contributed by atoms with van der Waals surface area (Å²) in [5.41, 5.74) is 1.67. The first-order valence-corrected chi connectivity index (χ1v) is 7.93. The van der Waals surface area contributed by atoms with Gasteiger partial charge in [0.1, 0.15) is 5.75 Å². The van der Waals surface area contributed by atoms with Crippen molar-refractivity contribution in [2.45, 2.75) is 26.8 Å². The lowest BCUT2D eigenvalue weighted by molar-refractivity contribution is 0.0785. The molecule has 4 heteroatoms. The molecule has 0 aliphatic heterocycles. The topological polar surface area (TPSA) is 42.4 Å². The molecule has 2 aromatic rings. The van der Waals surface area contributed by atoms with Crippen LogP contribution in [0.2, 0.25) is 0 Å². The highest BCUT2D eigenvalue weighted by Gasteiger charge is 2.12. The molecule has 0 radical (unpaired) electrons. The first kappa shape index (κ1) is 17.0. The number of amides is 1. The van der Waals surface area contributed by atoms with E-state index in [1.54, 1.807) is 24.3 Å². The molecule has 0 atom stereocenters. The Morgan fingerprint density at radius 2 is 1.96 bits per heavy atom. The smallest absolute Gasteiger partial charge is 0.253 e. The number of carbonyl (C=O) groups excluding carboxylic acids is 1. The van der Waals surface area contributed by atoms with Crippen LogP contribution in [-0.4, -0.2) is 29.4 Å². The Morgan fingerprint density at radius 3 is 2.57 bits per heavy atom. The zero-order valence-corrected chi connectivity index (χ0v) is 14.0. The van der Waals surface area contributed by atoms with Gasteiger partial charge in [0, 0.05) is 31.5 Å². The van der Waals surface area contributed by atoms with E-state index < -0.39 is 0 Å². The van der Waals surface area contributed by atoms with Gasteiger partial charge in [-0.05, 0) is 48.2 Å². The second-order valence-corrected chi connectivity index (χ2v) is 6.08. The third-order valence-corrected chi connectivity index (χ3v) is 3.55. The van der Waals surface area contributed by atoms with E-state index in [2.05, 4.69) is 18.8 Å². The summed E-state index contributed by atoms with van der Waals surface area (Å²) in [6.07, 6.45) is 4.52. The lowest BCUT2D eigenvalue weighted by atomic mass is 10.1. The Morgan fingerprint density at radius 1 is 1.22 bits per heavy atom. The van der Waals surface area contributed by atoms with Crippen molar-refractivity contribution in [1.29, 1.82) is 0 Å². The van der Waals surface area contributed by atoms with Crippen LogP contribution in [0.15, 0.2) is 48.8 Å². The number of ether oxygens (including phenoxy) is 1. The van der Waals surface area contributed by atoms with Crippen molar-refractivity contribution < 1.29 is 9.53 Å². The van der Waals surface area contributed by atoms with E-state index in [0.717, 1.165) is 17.7 Å². The van der Waals surface area contributed by atoms with Crippen molar-refractivity contribution in [3.63, 3.8) is 0 Å². The highest BCUT2D eigenvalue weighted by Crippen LogP contribution is 2.15. The van der Waals surface area contributed by atoms with Gasteiger partial charge in [0.15, 0.2) is 0 Å². The summed E-state index contributed by atoms with van der Waals surface area (Å²) in [6.45, 7) is 5.58. The number of pyridine rings is 1. The minimum Gasteiger partial charge on any atom is -0.494 e. The molecule has 0 fully saturated rings. The fourth-order valence-corrected chi connectivity index (χ4v) is 2.16. The number of carbonyl (C=O) groups is 1. The molecule has 2 rings (SSSR count). The highest BCUT2D eigenvalue weighted by molar-refractivity contribution is 5.94. The van der Waals surface area contributed by atoms with E-state index in [-0.39, 0.29) is 5.91 Å². The van der Waals surface area contributed by atoms with E-state index in [1.807, 2.05) is 36.4 Å². The Hall–Kier alpha value is -2.36. The van der Waals surface area contributed by atoms with Gasteiger partial charge in [-0.25, -0.2) is 0 Å². The number of hydrogen-bond donors (Lipinski definition) is 0. The van der Waals surface area contributed by atoms with Gasteiger partial charge in [-0.2, -0.15) is 0 Å². The van der Waals surface area contributed by atoms with Gasteiger partial charge in [0.2, 0.25) is 0 Å². The summed E-state index contributed by atoms with van der Waals surface area (Å²) >= 11 is 0. The van der Waals surface area contributed by atoms with Crippen molar-refractivity contribution in [2.75, 3.05) is 13.7 Å². The van der Waals surface area contributed by atoms with Crippen LogP contribution in [0.4, 0.5) is 0 Å². The summed E-state index contributed by atoms with van der Waals surface area (Å²) in [6, 6.07) is 11.2. The maximum atomic E-state index is 12.4. The molecule has 0 spiro atoms. The summed E-state index contributed by atoms with van der Waals surface area (Å²) < 4.78 is 5.67. The molecule has 1 aromatic carbocycles. The van der Waals surface area contributed by atoms with Crippen molar-refractivity contribution >= 4 is 5.91 Å². The Bertz CT molecular complexity index is 609. The quantitative estimate of drug-likeness (QED) is 0.781. The molecule has 0 bridgehead atoms. The van der Waals surface area contributed by atoms with Crippen LogP contribution in [0, 0.1) is 5.92 Å². The molecule has 4 nitrogen and oxygen atoms in total. The largest absolute Gasteiger partial charge is 0.494 e. The molecule has 1 heterocycles. The number of aromatic nitrogens is 1. The molecule has 1 aromatic heterocycles. The lowest BCUT2D eigenvalue weighted by Gasteiger charge is -2.17. The van der Waals surface area contributed by atoms with E-state index in [9.17, 15) is 4.79 Å². The SMILES string of the molecule is CC(C)CCOc1ccc(C(=O)N(C)Cc2cccnc2)cc1. The van der Waals surface area contributed by atoms with Crippen LogP contribution in [0.3, 0.4) is 0 Å². The Kier molecular flexibility index (Phi) is 6.15. The number of nitrogens with zero attached hydrogens (tertiary/aromatic N) is 2. The molecular weight excluding hydrogens is 288 g/mol. The van der Waals surface area contributed by atoms with Crippen LogP contribution < -0.4 is 4.74 Å². The second-order valence-electron chi connectivity index (χ2n) is 6.08. The minimum absolute atomic E-state index is 0.0115. The average molecular weight is 312 g/mol. The van der Waals surface area contributed by atoms with Gasteiger partial charge in [-0.1, -0.05) is 19.9 Å². The lowest BCUT2D eigenvalue weighted by Crippen LogP contribution is -2.26. The molecule has 0 saturated heterocycles. The molecule has 0 aliphatic rings. The average Bonchev–Trinajstić information content (AvgIpc) is 2.55. The van der Waals surface area contributed by atoms with Gasteiger partial charge in [-0.3, -0.25) is 9.78 Å². The fraction of sp³-hybridized carbons (Fsp3) is 0.368. The van der Waals surface area contributed by atoms with Gasteiger partial charge in [0.05, 0.1) is 6.61 Å². The van der Waals surface area contributed by atoms with E-state index in [1.165, 1.54) is 0 Å². The standard InChI is InChI=1S/C19H24N2O2/c1-15(2)10-12-23-18-8-6-17(7-9-18)19(22)21(3)14-16-5-4-11-20-13-16/h4-9,11,13,15H,10,12,14H2,1-3H3. The van der Waals surface area contributed by atoms with Gasteiger partial charge in [-0.15, -0.1) is 0 Å². The third kappa shape index (κ3) is 5.40. The van der Waals surface area contributed by atoms with Gasteiger partial charge in [0.25, 0.3) is 5.91 Å².